The predicted octanol–water partition coefficient (Wildman–Crippen LogP) is 4.23. The van der Waals surface area contributed by atoms with Crippen molar-refractivity contribution in [1.29, 1.82) is 0 Å². The Bertz CT molecular complexity index is 816. The summed E-state index contributed by atoms with van der Waals surface area (Å²) in [7, 11) is 0. The van der Waals surface area contributed by atoms with Gasteiger partial charge in [0, 0.05) is 12.1 Å². The number of rotatable bonds is 3. The minimum Gasteiger partial charge on any atom is -0.382 e. The lowest BCUT2D eigenvalue weighted by Gasteiger charge is -2.11. The fourth-order valence-electron chi connectivity index (χ4n) is 2.48. The molecule has 1 heterocycles. The van der Waals surface area contributed by atoms with E-state index in [4.69, 9.17) is 16.4 Å². The minimum atomic E-state index is -0.808. The molecular weight excluding hydrogens is 331 g/mol. The Labute approximate surface area is 144 Å². The first-order chi connectivity index (χ1) is 11.5. The van der Waals surface area contributed by atoms with Crippen LogP contribution in [-0.4, -0.2) is 17.7 Å². The van der Waals surface area contributed by atoms with Crippen molar-refractivity contribution in [2.24, 2.45) is 5.16 Å². The van der Waals surface area contributed by atoms with Gasteiger partial charge < -0.3 is 10.2 Å². The van der Waals surface area contributed by atoms with Gasteiger partial charge in [0.2, 0.25) is 6.10 Å². The summed E-state index contributed by atoms with van der Waals surface area (Å²) in [4.78, 5) is 17.5. The van der Waals surface area contributed by atoms with Crippen LogP contribution >= 0.6 is 11.6 Å². The van der Waals surface area contributed by atoms with Gasteiger partial charge in [-0.1, -0.05) is 28.9 Å². The number of oxime groups is 1. The van der Waals surface area contributed by atoms with Crippen LogP contribution in [0.25, 0.3) is 0 Å². The highest BCUT2D eigenvalue weighted by molar-refractivity contribution is 6.34. The van der Waals surface area contributed by atoms with Crippen LogP contribution in [0.5, 0.6) is 0 Å². The van der Waals surface area contributed by atoms with Gasteiger partial charge in [0.15, 0.2) is 0 Å². The van der Waals surface area contributed by atoms with Crippen LogP contribution in [0.4, 0.5) is 10.1 Å². The molecule has 1 N–H and O–H groups in total. The van der Waals surface area contributed by atoms with Crippen LogP contribution < -0.4 is 5.32 Å². The highest BCUT2D eigenvalue weighted by Crippen LogP contribution is 2.26. The fourth-order valence-corrected chi connectivity index (χ4v) is 2.75. The maximum atomic E-state index is 13.9. The van der Waals surface area contributed by atoms with E-state index in [0.717, 1.165) is 11.1 Å². The van der Waals surface area contributed by atoms with Gasteiger partial charge in [-0.2, -0.15) is 0 Å². The Balaban J connectivity index is 1.70. The summed E-state index contributed by atoms with van der Waals surface area (Å²) < 4.78 is 13.9. The van der Waals surface area contributed by atoms with Crippen molar-refractivity contribution >= 4 is 28.9 Å². The summed E-state index contributed by atoms with van der Waals surface area (Å²) in [6, 6.07) is 10.0. The number of halogens is 2. The number of nitrogens with one attached hydrogen (secondary N) is 1. The average Bonchev–Trinajstić information content (AvgIpc) is 3.00. The van der Waals surface area contributed by atoms with Gasteiger partial charge in [0.1, 0.15) is 5.82 Å². The second-order valence-corrected chi connectivity index (χ2v) is 6.13. The van der Waals surface area contributed by atoms with E-state index in [0.29, 0.717) is 11.4 Å². The monoisotopic (exact) mass is 346 g/mol. The van der Waals surface area contributed by atoms with E-state index in [1.807, 2.05) is 32.0 Å². The lowest BCUT2D eigenvalue weighted by atomic mass is 10.0. The Morgan fingerprint density at radius 2 is 2.08 bits per heavy atom. The molecule has 24 heavy (non-hydrogen) atoms. The largest absolute Gasteiger partial charge is 0.382 e. The third-order valence-electron chi connectivity index (χ3n) is 3.99. The molecule has 3 rings (SSSR count). The average molecular weight is 347 g/mol. The van der Waals surface area contributed by atoms with E-state index in [-0.39, 0.29) is 22.9 Å². The van der Waals surface area contributed by atoms with Crippen molar-refractivity contribution in [3.8, 4) is 0 Å². The second kappa shape index (κ2) is 6.61. The molecule has 1 atom stereocenters. The van der Waals surface area contributed by atoms with Gasteiger partial charge in [-0.05, 0) is 49.2 Å². The Hall–Kier alpha value is -2.40. The highest BCUT2D eigenvalue weighted by atomic mass is 35.5. The van der Waals surface area contributed by atoms with Crippen molar-refractivity contribution in [1.82, 2.24) is 0 Å². The molecule has 1 aliphatic rings. The first-order valence-corrected chi connectivity index (χ1v) is 7.88. The van der Waals surface area contributed by atoms with Gasteiger partial charge >= 0.3 is 0 Å². The molecule has 0 radical (unpaired) electrons. The van der Waals surface area contributed by atoms with E-state index in [1.54, 1.807) is 6.07 Å². The number of benzene rings is 2. The van der Waals surface area contributed by atoms with E-state index in [2.05, 4.69) is 10.5 Å². The molecule has 0 spiro atoms. The zero-order valence-electron chi connectivity index (χ0n) is 13.3. The van der Waals surface area contributed by atoms with Crippen molar-refractivity contribution < 1.29 is 14.0 Å². The van der Waals surface area contributed by atoms with E-state index < -0.39 is 11.9 Å². The first kappa shape index (κ1) is 16.5. The number of carbonyl (C=O) groups is 1. The number of hydrogen-bond acceptors (Lipinski definition) is 3. The topological polar surface area (TPSA) is 50.7 Å². The van der Waals surface area contributed by atoms with Gasteiger partial charge in [-0.15, -0.1) is 0 Å². The van der Waals surface area contributed by atoms with Crippen LogP contribution in [0.2, 0.25) is 5.02 Å². The van der Waals surface area contributed by atoms with E-state index >= 15 is 0 Å². The van der Waals surface area contributed by atoms with Gasteiger partial charge in [0.05, 0.1) is 16.3 Å². The summed E-state index contributed by atoms with van der Waals surface area (Å²) in [5.41, 5.74) is 3.42. The smallest absolute Gasteiger partial charge is 0.268 e. The SMILES string of the molecule is Cc1ccc(NC(=O)C2CC(c3c(F)cccc3Cl)=NO2)cc1C. The molecule has 0 saturated carbocycles. The van der Waals surface area contributed by atoms with Crippen LogP contribution in [-0.2, 0) is 9.63 Å². The van der Waals surface area contributed by atoms with Crippen LogP contribution in [0, 0.1) is 19.7 Å². The Morgan fingerprint density at radius 3 is 2.79 bits per heavy atom. The fraction of sp³-hybridized carbons (Fsp3) is 0.222. The maximum absolute atomic E-state index is 13.9. The molecule has 6 heteroatoms. The zero-order chi connectivity index (χ0) is 17.3. The highest BCUT2D eigenvalue weighted by Gasteiger charge is 2.31. The van der Waals surface area contributed by atoms with E-state index in [9.17, 15) is 9.18 Å². The second-order valence-electron chi connectivity index (χ2n) is 5.72. The van der Waals surface area contributed by atoms with Crippen molar-refractivity contribution in [3.63, 3.8) is 0 Å². The third kappa shape index (κ3) is 3.26. The molecule has 124 valence electrons. The molecule has 1 aliphatic heterocycles. The molecule has 2 aromatic carbocycles. The number of aryl methyl sites for hydroxylation is 2. The molecule has 1 unspecified atom stereocenters. The number of amides is 1. The first-order valence-electron chi connectivity index (χ1n) is 7.51. The minimum absolute atomic E-state index is 0.164. The summed E-state index contributed by atoms with van der Waals surface area (Å²) in [6.45, 7) is 3.97. The Kier molecular flexibility index (Phi) is 4.53. The van der Waals surface area contributed by atoms with E-state index in [1.165, 1.54) is 12.1 Å². The standard InChI is InChI=1S/C18H16ClFN2O2/c1-10-6-7-12(8-11(10)2)21-18(23)16-9-15(22-24-16)17-13(19)4-3-5-14(17)20/h3-8,16H,9H2,1-2H3,(H,21,23). The van der Waals surface area contributed by atoms with Gasteiger partial charge in [0.25, 0.3) is 5.91 Å². The normalized spacial score (nSPS) is 16.5. The maximum Gasteiger partial charge on any atom is 0.268 e. The van der Waals surface area contributed by atoms with Crippen LogP contribution in [0.3, 0.4) is 0 Å². The molecule has 2 aromatic rings. The Morgan fingerprint density at radius 1 is 1.29 bits per heavy atom. The number of anilines is 1. The molecule has 0 aromatic heterocycles. The number of carbonyl (C=O) groups excluding carboxylic acids is 1. The summed E-state index contributed by atoms with van der Waals surface area (Å²) >= 11 is 6.02. The molecule has 4 nitrogen and oxygen atoms in total. The number of hydrogen-bond donors (Lipinski definition) is 1. The van der Waals surface area contributed by atoms with Crippen molar-refractivity contribution in [3.05, 3.63) is 63.9 Å². The molecular formula is C18H16ClFN2O2. The lowest BCUT2D eigenvalue weighted by molar-refractivity contribution is -0.125. The summed E-state index contributed by atoms with van der Waals surface area (Å²) in [5, 5.41) is 6.87. The summed E-state index contributed by atoms with van der Waals surface area (Å²) in [5.74, 6) is -0.815. The molecule has 0 fully saturated rings. The zero-order valence-corrected chi connectivity index (χ0v) is 14.0. The van der Waals surface area contributed by atoms with Gasteiger partial charge in [-0.3, -0.25) is 4.79 Å². The molecule has 0 saturated heterocycles. The summed E-state index contributed by atoms with van der Waals surface area (Å²) in [6.07, 6.45) is -0.644. The van der Waals surface area contributed by atoms with Crippen molar-refractivity contribution in [2.75, 3.05) is 5.32 Å². The van der Waals surface area contributed by atoms with Crippen molar-refractivity contribution in [2.45, 2.75) is 26.4 Å². The molecule has 0 bridgehead atoms. The van der Waals surface area contributed by atoms with Crippen LogP contribution in [0.1, 0.15) is 23.1 Å². The molecule has 1 amide bonds. The predicted molar refractivity (Wildman–Crippen MR) is 92.0 cm³/mol. The van der Waals surface area contributed by atoms with Gasteiger partial charge in [-0.25, -0.2) is 4.39 Å². The number of nitrogens with zero attached hydrogens (tertiary/aromatic N) is 1. The van der Waals surface area contributed by atoms with Crippen LogP contribution in [0.15, 0.2) is 41.6 Å². The lowest BCUT2D eigenvalue weighted by Crippen LogP contribution is -2.28. The quantitative estimate of drug-likeness (QED) is 0.904. The molecule has 0 aliphatic carbocycles. The third-order valence-corrected chi connectivity index (χ3v) is 4.30.